The number of para-hydroxylation sites is 1. The Morgan fingerprint density at radius 3 is 2.61 bits per heavy atom. The van der Waals surface area contributed by atoms with Crippen molar-refractivity contribution in [2.45, 2.75) is 13.5 Å². The Bertz CT molecular complexity index is 1110. The van der Waals surface area contributed by atoms with Crippen LogP contribution in [0.2, 0.25) is 5.02 Å². The van der Waals surface area contributed by atoms with Crippen LogP contribution < -0.4 is 14.9 Å². The van der Waals surface area contributed by atoms with Crippen molar-refractivity contribution >= 4 is 55.6 Å². The minimum Gasteiger partial charge on any atom is -0.492 e. The number of benzene rings is 3. The third-order valence-electron chi connectivity index (χ3n) is 4.17. The Morgan fingerprint density at radius 1 is 1.10 bits per heavy atom. The molecule has 0 heterocycles. The molecular weight excluding hydrogens is 548 g/mol. The number of ether oxygens (including phenoxy) is 2. The van der Waals surface area contributed by atoms with Gasteiger partial charge in [0.1, 0.15) is 18.1 Å². The number of carbonyl (C=O) groups excluding carboxylic acids is 1. The van der Waals surface area contributed by atoms with Crippen LogP contribution in [0.5, 0.6) is 11.5 Å². The summed E-state index contributed by atoms with van der Waals surface area (Å²) in [5.41, 5.74) is 4.46. The molecule has 0 aliphatic heterocycles. The van der Waals surface area contributed by atoms with E-state index >= 15 is 0 Å². The van der Waals surface area contributed by atoms with Gasteiger partial charge in [-0.2, -0.15) is 5.10 Å². The van der Waals surface area contributed by atoms with E-state index in [0.717, 1.165) is 14.5 Å². The van der Waals surface area contributed by atoms with Gasteiger partial charge >= 0.3 is 0 Å². The smallest absolute Gasteiger partial charge is 0.275 e. The fraction of sp³-hybridized carbons (Fsp3) is 0.130. The topological polar surface area (TPSA) is 59.9 Å². The molecule has 0 aliphatic rings. The highest BCUT2D eigenvalue weighted by Gasteiger charge is 2.13. The van der Waals surface area contributed by atoms with E-state index in [9.17, 15) is 4.79 Å². The normalized spacial score (nSPS) is 10.8. The molecule has 0 saturated heterocycles. The van der Waals surface area contributed by atoms with E-state index in [1.54, 1.807) is 30.3 Å². The second-order valence-electron chi connectivity index (χ2n) is 6.31. The SMILES string of the molecule is CCOc1c(Br)cc(Br)cc1/C=N/NC(=O)c1ccccc1OCc1ccccc1Cl. The van der Waals surface area contributed by atoms with Crippen LogP contribution in [0.3, 0.4) is 0 Å². The number of amides is 1. The Balaban J connectivity index is 1.73. The molecule has 8 heteroatoms. The quantitative estimate of drug-likeness (QED) is 0.247. The number of carbonyl (C=O) groups is 1. The maximum atomic E-state index is 12.7. The number of hydrogen-bond donors (Lipinski definition) is 1. The van der Waals surface area contributed by atoms with Crippen molar-refractivity contribution < 1.29 is 14.3 Å². The van der Waals surface area contributed by atoms with Crippen molar-refractivity contribution in [1.82, 2.24) is 5.43 Å². The van der Waals surface area contributed by atoms with Gasteiger partial charge in [-0.15, -0.1) is 0 Å². The zero-order valence-corrected chi connectivity index (χ0v) is 20.5. The number of nitrogens with one attached hydrogen (secondary N) is 1. The van der Waals surface area contributed by atoms with Gasteiger partial charge in [-0.25, -0.2) is 5.43 Å². The summed E-state index contributed by atoms with van der Waals surface area (Å²) in [6.07, 6.45) is 1.53. The average molecular weight is 567 g/mol. The van der Waals surface area contributed by atoms with Crippen molar-refractivity contribution in [3.05, 3.63) is 91.3 Å². The fourth-order valence-corrected chi connectivity index (χ4v) is 4.31. The van der Waals surface area contributed by atoms with E-state index in [4.69, 9.17) is 21.1 Å². The van der Waals surface area contributed by atoms with Crippen LogP contribution in [0.4, 0.5) is 0 Å². The summed E-state index contributed by atoms with van der Waals surface area (Å²) < 4.78 is 13.2. The first kappa shape index (κ1) is 23.3. The number of hydrazone groups is 1. The highest BCUT2D eigenvalue weighted by Crippen LogP contribution is 2.32. The Morgan fingerprint density at radius 2 is 1.84 bits per heavy atom. The number of hydrogen-bond acceptors (Lipinski definition) is 4. The van der Waals surface area contributed by atoms with E-state index in [1.807, 2.05) is 37.3 Å². The van der Waals surface area contributed by atoms with Gasteiger partial charge in [0.05, 0.1) is 22.9 Å². The minimum absolute atomic E-state index is 0.247. The van der Waals surface area contributed by atoms with Crippen molar-refractivity contribution in [2.75, 3.05) is 6.61 Å². The lowest BCUT2D eigenvalue weighted by Gasteiger charge is -2.12. The third-order valence-corrected chi connectivity index (χ3v) is 5.58. The molecule has 0 bridgehead atoms. The molecule has 31 heavy (non-hydrogen) atoms. The summed E-state index contributed by atoms with van der Waals surface area (Å²) in [7, 11) is 0. The second kappa shape index (κ2) is 11.3. The highest BCUT2D eigenvalue weighted by molar-refractivity contribution is 9.11. The molecule has 3 aromatic rings. The van der Waals surface area contributed by atoms with Crippen molar-refractivity contribution in [3.8, 4) is 11.5 Å². The van der Waals surface area contributed by atoms with E-state index in [1.165, 1.54) is 6.21 Å². The van der Waals surface area contributed by atoms with Gasteiger partial charge in [-0.1, -0.05) is 57.9 Å². The Hall–Kier alpha value is -2.35. The molecule has 0 unspecified atom stereocenters. The van der Waals surface area contributed by atoms with Crippen LogP contribution in [0.15, 0.2) is 74.7 Å². The molecule has 0 atom stereocenters. The van der Waals surface area contributed by atoms with Crippen molar-refractivity contribution in [1.29, 1.82) is 0 Å². The molecule has 160 valence electrons. The van der Waals surface area contributed by atoms with Gasteiger partial charge in [0.15, 0.2) is 0 Å². The molecule has 0 spiro atoms. The maximum Gasteiger partial charge on any atom is 0.275 e. The lowest BCUT2D eigenvalue weighted by Crippen LogP contribution is -2.18. The minimum atomic E-state index is -0.391. The molecule has 1 amide bonds. The lowest BCUT2D eigenvalue weighted by molar-refractivity contribution is 0.0950. The van der Waals surface area contributed by atoms with E-state index in [-0.39, 0.29) is 6.61 Å². The van der Waals surface area contributed by atoms with Crippen LogP contribution >= 0.6 is 43.5 Å². The van der Waals surface area contributed by atoms with Crippen molar-refractivity contribution in [2.24, 2.45) is 5.10 Å². The standard InChI is InChI=1S/C23H19Br2ClN2O3/c1-2-30-22-16(11-17(24)12-19(22)25)13-27-28-23(29)18-8-4-6-10-21(18)31-14-15-7-3-5-9-20(15)26/h3-13H,2,14H2,1H3,(H,28,29)/b27-13+. The molecule has 3 rings (SSSR count). The molecule has 0 aromatic heterocycles. The molecule has 1 N–H and O–H groups in total. The molecule has 0 saturated carbocycles. The van der Waals surface area contributed by atoms with Crippen LogP contribution in [-0.4, -0.2) is 18.7 Å². The zero-order chi connectivity index (χ0) is 22.2. The van der Waals surface area contributed by atoms with Gasteiger partial charge in [-0.05, 0) is 53.2 Å². The summed E-state index contributed by atoms with van der Waals surface area (Å²) in [5, 5.41) is 4.70. The molecule has 3 aromatic carbocycles. The second-order valence-corrected chi connectivity index (χ2v) is 8.49. The maximum absolute atomic E-state index is 12.7. The van der Waals surface area contributed by atoms with Gasteiger partial charge in [0.2, 0.25) is 0 Å². The fourth-order valence-electron chi connectivity index (χ4n) is 2.74. The predicted molar refractivity (Wildman–Crippen MR) is 130 cm³/mol. The highest BCUT2D eigenvalue weighted by atomic mass is 79.9. The number of halogens is 3. The van der Waals surface area contributed by atoms with E-state index in [2.05, 4.69) is 42.4 Å². The van der Waals surface area contributed by atoms with Crippen LogP contribution in [0.25, 0.3) is 0 Å². The van der Waals surface area contributed by atoms with E-state index < -0.39 is 5.91 Å². The lowest BCUT2D eigenvalue weighted by atomic mass is 10.2. The number of rotatable bonds is 8. The zero-order valence-electron chi connectivity index (χ0n) is 16.6. The first-order valence-electron chi connectivity index (χ1n) is 9.40. The molecule has 5 nitrogen and oxygen atoms in total. The molecular formula is C23H19Br2ClN2O3. The van der Waals surface area contributed by atoms with Gasteiger partial charge < -0.3 is 9.47 Å². The summed E-state index contributed by atoms with van der Waals surface area (Å²) in [6, 6.07) is 18.1. The largest absolute Gasteiger partial charge is 0.492 e. The van der Waals surface area contributed by atoms with E-state index in [0.29, 0.717) is 34.3 Å². The average Bonchev–Trinajstić information content (AvgIpc) is 2.75. The van der Waals surface area contributed by atoms with Gasteiger partial charge in [0, 0.05) is 20.6 Å². The monoisotopic (exact) mass is 564 g/mol. The van der Waals surface area contributed by atoms with Crippen LogP contribution in [-0.2, 0) is 6.61 Å². The summed E-state index contributed by atoms with van der Waals surface area (Å²) in [5.74, 6) is 0.695. The predicted octanol–water partition coefficient (Wildman–Crippen LogP) is 6.61. The van der Waals surface area contributed by atoms with Crippen LogP contribution in [0.1, 0.15) is 28.4 Å². The summed E-state index contributed by atoms with van der Waals surface area (Å²) in [6.45, 7) is 2.65. The van der Waals surface area contributed by atoms with Gasteiger partial charge in [-0.3, -0.25) is 4.79 Å². The molecule has 0 radical (unpaired) electrons. The molecule has 0 fully saturated rings. The van der Waals surface area contributed by atoms with Crippen molar-refractivity contribution in [3.63, 3.8) is 0 Å². The van der Waals surface area contributed by atoms with Crippen LogP contribution in [0, 0.1) is 0 Å². The third kappa shape index (κ3) is 6.32. The molecule has 0 aliphatic carbocycles. The Labute approximate surface area is 202 Å². The number of nitrogens with zero attached hydrogens (tertiary/aromatic N) is 1. The first-order chi connectivity index (χ1) is 15.0. The van der Waals surface area contributed by atoms with Gasteiger partial charge in [0.25, 0.3) is 5.91 Å². The Kier molecular flexibility index (Phi) is 8.51. The summed E-state index contributed by atoms with van der Waals surface area (Å²) in [4.78, 5) is 12.7. The summed E-state index contributed by atoms with van der Waals surface area (Å²) >= 11 is 13.1. The first-order valence-corrected chi connectivity index (χ1v) is 11.4.